The number of alkyl halides is 1. The van der Waals surface area contributed by atoms with E-state index in [2.05, 4.69) is 19.5 Å². The molecule has 4 atom stereocenters. The normalized spacial score (nSPS) is 32.4. The van der Waals surface area contributed by atoms with Gasteiger partial charge in [0, 0.05) is 0 Å². The first kappa shape index (κ1) is 18.8. The third-order valence-electron chi connectivity index (χ3n) is 4.11. The lowest BCUT2D eigenvalue weighted by molar-refractivity contribution is -0.224. The van der Waals surface area contributed by atoms with Crippen molar-refractivity contribution >= 4 is 24.9 Å². The number of hydrogen-bond acceptors (Lipinski definition) is 9. The van der Waals surface area contributed by atoms with Gasteiger partial charge >= 0.3 is 7.82 Å². The molecule has 13 nitrogen and oxygen atoms in total. The summed E-state index contributed by atoms with van der Waals surface area (Å²) in [5, 5.41) is 19.7. The zero-order valence-corrected chi connectivity index (χ0v) is 14.0. The van der Waals surface area contributed by atoms with Gasteiger partial charge < -0.3 is 30.5 Å². The van der Waals surface area contributed by atoms with Crippen LogP contribution in [-0.4, -0.2) is 63.7 Å². The Morgan fingerprint density at radius 1 is 1.58 bits per heavy atom. The Bertz CT molecular complexity index is 956. The largest absolute Gasteiger partial charge is 0.470 e. The van der Waals surface area contributed by atoms with Crippen LogP contribution in [-0.2, 0) is 13.8 Å². The van der Waals surface area contributed by atoms with E-state index >= 15 is 4.39 Å². The first-order chi connectivity index (χ1) is 11.9. The molecule has 2 aromatic heterocycles. The molecule has 2 aromatic rings. The van der Waals surface area contributed by atoms with Crippen LogP contribution in [0, 0.1) is 0 Å². The number of anilines is 1. The number of phosphoric acid groups is 1. The van der Waals surface area contributed by atoms with Crippen molar-refractivity contribution in [2.75, 3.05) is 12.3 Å². The predicted molar refractivity (Wildman–Crippen MR) is 81.1 cm³/mol. The SMILES string of the molecule is C[C@@]1(OP(=O)(O)O)[C@@H](CO)O[C@@H](n2cnc3c(=O)[nH]c(N)nc32)[C@@]1(O)F. The van der Waals surface area contributed by atoms with Crippen molar-refractivity contribution in [1.29, 1.82) is 0 Å². The standard InChI is InChI=1S/C11H15FN5O8P/c1-10(25-26(21,22)23)4(2-18)24-8(11(10,12)20)17-3-14-5-6(17)15-9(13)16-7(5)19/h3-4,8,18,20H,2H2,1H3,(H2,21,22,23)(H3,13,15,16,19)/t4-,8-,10-,11+/m1/s1. The van der Waals surface area contributed by atoms with Gasteiger partial charge in [-0.25, -0.2) is 13.9 Å². The molecule has 26 heavy (non-hydrogen) atoms. The van der Waals surface area contributed by atoms with Gasteiger partial charge in [-0.05, 0) is 6.92 Å². The Balaban J connectivity index is 2.15. The fourth-order valence-electron chi connectivity index (χ4n) is 2.80. The van der Waals surface area contributed by atoms with Crippen LogP contribution in [0.5, 0.6) is 0 Å². The quantitative estimate of drug-likeness (QED) is 0.316. The summed E-state index contributed by atoms with van der Waals surface area (Å²) in [6, 6.07) is 0. The maximum absolute atomic E-state index is 15.2. The Kier molecular flexibility index (Phi) is 4.19. The molecular weight excluding hydrogens is 380 g/mol. The third-order valence-corrected chi connectivity index (χ3v) is 4.73. The van der Waals surface area contributed by atoms with Crippen LogP contribution in [0.25, 0.3) is 11.2 Å². The Hall–Kier alpha value is -1.93. The van der Waals surface area contributed by atoms with E-state index in [9.17, 15) is 19.6 Å². The Labute approximate surface area is 143 Å². The summed E-state index contributed by atoms with van der Waals surface area (Å²) in [4.78, 5) is 39.6. The summed E-state index contributed by atoms with van der Waals surface area (Å²) < 4.78 is 36.9. The maximum Gasteiger partial charge on any atom is 0.470 e. The zero-order chi connectivity index (χ0) is 19.5. The van der Waals surface area contributed by atoms with E-state index in [0.29, 0.717) is 0 Å². The number of rotatable bonds is 4. The molecule has 1 fully saturated rings. The summed E-state index contributed by atoms with van der Waals surface area (Å²) in [7, 11) is -5.28. The number of halogens is 1. The first-order valence-electron chi connectivity index (χ1n) is 7.07. The van der Waals surface area contributed by atoms with Crippen molar-refractivity contribution in [1.82, 2.24) is 19.5 Å². The maximum atomic E-state index is 15.2. The second kappa shape index (κ2) is 5.79. The molecule has 3 heterocycles. The van der Waals surface area contributed by atoms with E-state index in [-0.39, 0.29) is 17.1 Å². The summed E-state index contributed by atoms with van der Waals surface area (Å²) in [6.07, 6.45) is -2.76. The molecule has 1 aliphatic rings. The lowest BCUT2D eigenvalue weighted by Gasteiger charge is -2.35. The second-order valence-electron chi connectivity index (χ2n) is 5.80. The van der Waals surface area contributed by atoms with Crippen LogP contribution >= 0.6 is 7.82 Å². The van der Waals surface area contributed by atoms with Gasteiger partial charge in [-0.15, -0.1) is 0 Å². The van der Waals surface area contributed by atoms with Crippen LogP contribution in [0.15, 0.2) is 11.1 Å². The Morgan fingerprint density at radius 3 is 2.81 bits per heavy atom. The van der Waals surface area contributed by atoms with Crippen molar-refractivity contribution in [2.24, 2.45) is 0 Å². The number of aromatic amines is 1. The highest BCUT2D eigenvalue weighted by molar-refractivity contribution is 7.46. The van der Waals surface area contributed by atoms with Crippen molar-refractivity contribution < 1.29 is 38.2 Å². The first-order valence-corrected chi connectivity index (χ1v) is 8.60. The van der Waals surface area contributed by atoms with Crippen molar-refractivity contribution in [3.63, 3.8) is 0 Å². The number of nitrogen functional groups attached to an aromatic ring is 1. The van der Waals surface area contributed by atoms with E-state index in [1.165, 1.54) is 0 Å². The number of aliphatic hydroxyl groups is 2. The Morgan fingerprint density at radius 2 is 2.23 bits per heavy atom. The molecule has 0 amide bonds. The van der Waals surface area contributed by atoms with Gasteiger partial charge in [0.25, 0.3) is 11.4 Å². The molecule has 0 bridgehead atoms. The minimum atomic E-state index is -5.28. The van der Waals surface area contributed by atoms with E-state index in [1.54, 1.807) is 0 Å². The monoisotopic (exact) mass is 395 g/mol. The van der Waals surface area contributed by atoms with Gasteiger partial charge in [-0.1, -0.05) is 0 Å². The van der Waals surface area contributed by atoms with Gasteiger partial charge in [-0.3, -0.25) is 18.9 Å². The van der Waals surface area contributed by atoms with Gasteiger partial charge in [0.1, 0.15) is 6.10 Å². The summed E-state index contributed by atoms with van der Waals surface area (Å²) in [5.74, 6) is -3.88. The van der Waals surface area contributed by atoms with Crippen molar-refractivity contribution in [2.45, 2.75) is 30.7 Å². The van der Waals surface area contributed by atoms with Crippen LogP contribution < -0.4 is 11.3 Å². The lowest BCUT2D eigenvalue weighted by atomic mass is 9.92. The van der Waals surface area contributed by atoms with E-state index < -0.39 is 43.8 Å². The summed E-state index contributed by atoms with van der Waals surface area (Å²) >= 11 is 0. The van der Waals surface area contributed by atoms with Crippen LogP contribution in [0.3, 0.4) is 0 Å². The molecule has 0 saturated carbocycles. The van der Waals surface area contributed by atoms with Crippen molar-refractivity contribution in [3.8, 4) is 0 Å². The molecule has 3 rings (SSSR count). The highest BCUT2D eigenvalue weighted by Crippen LogP contribution is 2.55. The highest BCUT2D eigenvalue weighted by Gasteiger charge is 2.69. The number of aliphatic hydroxyl groups excluding tert-OH is 1. The zero-order valence-electron chi connectivity index (χ0n) is 13.1. The predicted octanol–water partition coefficient (Wildman–Crippen LogP) is -1.88. The van der Waals surface area contributed by atoms with Gasteiger partial charge in [0.15, 0.2) is 23.0 Å². The number of ether oxygens (including phenoxy) is 1. The van der Waals surface area contributed by atoms with E-state index in [0.717, 1.165) is 17.8 Å². The molecule has 0 aliphatic carbocycles. The number of H-pyrrole nitrogens is 1. The number of aromatic nitrogens is 4. The molecule has 0 unspecified atom stereocenters. The fourth-order valence-corrected chi connectivity index (χ4v) is 3.54. The second-order valence-corrected chi connectivity index (χ2v) is 6.96. The molecular formula is C11H15FN5O8P. The van der Waals surface area contributed by atoms with Gasteiger partial charge in [0.2, 0.25) is 5.95 Å². The van der Waals surface area contributed by atoms with Crippen LogP contribution in [0.1, 0.15) is 13.2 Å². The number of fused-ring (bicyclic) bond motifs is 1. The highest BCUT2D eigenvalue weighted by atomic mass is 31.2. The average Bonchev–Trinajstić information content (AvgIpc) is 2.96. The molecule has 1 saturated heterocycles. The minimum absolute atomic E-state index is 0.247. The molecule has 15 heteroatoms. The molecule has 0 aromatic carbocycles. The van der Waals surface area contributed by atoms with Crippen LogP contribution in [0.4, 0.5) is 10.3 Å². The topological polar surface area (TPSA) is 206 Å². The summed E-state index contributed by atoms with van der Waals surface area (Å²) in [5.41, 5.74) is 1.54. The van der Waals surface area contributed by atoms with E-state index in [1.807, 2.05) is 0 Å². The fraction of sp³-hybridized carbons (Fsp3) is 0.545. The third kappa shape index (κ3) is 2.72. The number of imidazole rings is 1. The minimum Gasteiger partial charge on any atom is -0.394 e. The van der Waals surface area contributed by atoms with Crippen molar-refractivity contribution in [3.05, 3.63) is 16.7 Å². The van der Waals surface area contributed by atoms with Gasteiger partial charge in [-0.2, -0.15) is 4.98 Å². The average molecular weight is 395 g/mol. The molecule has 144 valence electrons. The molecule has 0 spiro atoms. The lowest BCUT2D eigenvalue weighted by Crippen LogP contribution is -2.55. The molecule has 1 aliphatic heterocycles. The smallest absolute Gasteiger partial charge is 0.394 e. The number of nitrogens with one attached hydrogen (secondary N) is 1. The van der Waals surface area contributed by atoms with Crippen LogP contribution in [0.2, 0.25) is 0 Å². The summed E-state index contributed by atoms with van der Waals surface area (Å²) in [6.45, 7) is -0.122. The number of hydrogen-bond donors (Lipinski definition) is 6. The number of nitrogens with zero attached hydrogens (tertiary/aromatic N) is 3. The van der Waals surface area contributed by atoms with E-state index in [4.69, 9.17) is 20.3 Å². The molecule has 7 N–H and O–H groups in total. The van der Waals surface area contributed by atoms with Gasteiger partial charge in [0.05, 0.1) is 12.9 Å². The number of phosphoric ester groups is 1. The molecule has 0 radical (unpaired) electrons. The number of nitrogens with two attached hydrogens (primary N) is 1.